The maximum absolute atomic E-state index is 12.0. The summed E-state index contributed by atoms with van der Waals surface area (Å²) in [5, 5.41) is 3.39. The quantitative estimate of drug-likeness (QED) is 0.772. The molecule has 0 aromatic carbocycles. The van der Waals surface area contributed by atoms with Gasteiger partial charge in [0.15, 0.2) is 0 Å². The number of nitrogens with one attached hydrogen (secondary N) is 1. The first-order valence-corrected chi connectivity index (χ1v) is 7.58. The van der Waals surface area contributed by atoms with Gasteiger partial charge in [0.05, 0.1) is 6.04 Å². The zero-order valence-corrected chi connectivity index (χ0v) is 11.5. The van der Waals surface area contributed by atoms with Gasteiger partial charge in [0.2, 0.25) is 5.91 Å². The molecule has 0 saturated carbocycles. The number of hydrogen-bond donors (Lipinski definition) is 1. The minimum absolute atomic E-state index is 0.0324. The molecule has 0 radical (unpaired) electrons. The highest BCUT2D eigenvalue weighted by Crippen LogP contribution is 2.09. The molecule has 0 bridgehead atoms. The van der Waals surface area contributed by atoms with Crippen molar-refractivity contribution in [3.63, 3.8) is 0 Å². The Morgan fingerprint density at radius 3 is 2.56 bits per heavy atom. The van der Waals surface area contributed by atoms with Crippen molar-refractivity contribution in [1.82, 2.24) is 10.2 Å². The molecule has 1 heterocycles. The maximum atomic E-state index is 12.0. The number of hydrogen-bond acceptors (Lipinski definition) is 3. The van der Waals surface area contributed by atoms with Crippen molar-refractivity contribution >= 4 is 17.7 Å². The van der Waals surface area contributed by atoms with Gasteiger partial charge in [-0.15, -0.1) is 0 Å². The van der Waals surface area contributed by atoms with E-state index in [1.807, 2.05) is 23.6 Å². The summed E-state index contributed by atoms with van der Waals surface area (Å²) in [6, 6.07) is 0.393. The van der Waals surface area contributed by atoms with Crippen LogP contribution < -0.4 is 5.32 Å². The van der Waals surface area contributed by atoms with Gasteiger partial charge in [-0.25, -0.2) is 0 Å². The van der Waals surface area contributed by atoms with Crippen molar-refractivity contribution in [3.05, 3.63) is 0 Å². The number of carbonyl (C=O) groups is 1. The highest BCUT2D eigenvalue weighted by molar-refractivity contribution is 7.98. The van der Waals surface area contributed by atoms with Gasteiger partial charge in [0.25, 0.3) is 0 Å². The lowest BCUT2D eigenvalue weighted by Gasteiger charge is -2.24. The lowest BCUT2D eigenvalue weighted by molar-refractivity contribution is -0.132. The molecule has 94 valence electrons. The fourth-order valence-electron chi connectivity index (χ4n) is 2.09. The molecular formula is C12H24N2OS. The smallest absolute Gasteiger partial charge is 0.239 e. The number of nitrogens with zero attached hydrogens (tertiary/aromatic N) is 1. The van der Waals surface area contributed by atoms with Gasteiger partial charge in [-0.3, -0.25) is 4.79 Å². The summed E-state index contributed by atoms with van der Waals surface area (Å²) in [5.41, 5.74) is 0. The maximum Gasteiger partial charge on any atom is 0.239 e. The summed E-state index contributed by atoms with van der Waals surface area (Å²) in [6.07, 6.45) is 5.57. The van der Waals surface area contributed by atoms with Crippen molar-refractivity contribution < 1.29 is 4.79 Å². The average Bonchev–Trinajstić information content (AvgIpc) is 2.78. The molecule has 2 atom stereocenters. The van der Waals surface area contributed by atoms with Crippen LogP contribution in [-0.2, 0) is 4.79 Å². The van der Waals surface area contributed by atoms with E-state index in [2.05, 4.69) is 18.5 Å². The summed E-state index contributed by atoms with van der Waals surface area (Å²) in [7, 11) is 0. The number of likely N-dealkylation sites (tertiary alicyclic amines) is 1. The Balaban J connectivity index is 2.27. The number of rotatable bonds is 6. The molecule has 3 nitrogen and oxygen atoms in total. The fourth-order valence-corrected chi connectivity index (χ4v) is 2.68. The van der Waals surface area contributed by atoms with Crippen molar-refractivity contribution in [2.24, 2.45) is 0 Å². The Labute approximate surface area is 103 Å². The predicted molar refractivity (Wildman–Crippen MR) is 70.9 cm³/mol. The zero-order chi connectivity index (χ0) is 12.0. The van der Waals surface area contributed by atoms with Crippen LogP contribution in [0.15, 0.2) is 0 Å². The number of thioether (sulfide) groups is 1. The van der Waals surface area contributed by atoms with Crippen molar-refractivity contribution in [2.75, 3.05) is 25.1 Å². The molecule has 0 aromatic rings. The summed E-state index contributed by atoms with van der Waals surface area (Å²) >= 11 is 1.86. The molecule has 0 aromatic heterocycles. The summed E-state index contributed by atoms with van der Waals surface area (Å²) in [5.74, 6) is 1.42. The topological polar surface area (TPSA) is 32.3 Å². The van der Waals surface area contributed by atoms with Gasteiger partial charge in [0.1, 0.15) is 0 Å². The van der Waals surface area contributed by atoms with Crippen LogP contribution in [-0.4, -0.2) is 48.0 Å². The molecule has 2 unspecified atom stereocenters. The highest BCUT2D eigenvalue weighted by Gasteiger charge is 2.23. The lowest BCUT2D eigenvalue weighted by Crippen LogP contribution is -2.46. The summed E-state index contributed by atoms with van der Waals surface area (Å²) in [4.78, 5) is 14.0. The minimum atomic E-state index is -0.0324. The SMILES string of the molecule is CSCCC(C)NC(C)C(=O)N1CCCC1. The molecule has 0 aliphatic carbocycles. The second-order valence-electron chi connectivity index (χ2n) is 4.60. The second-order valence-corrected chi connectivity index (χ2v) is 5.59. The van der Waals surface area contributed by atoms with Crippen LogP contribution in [0.25, 0.3) is 0 Å². The first-order chi connectivity index (χ1) is 7.65. The van der Waals surface area contributed by atoms with E-state index in [1.54, 1.807) is 0 Å². The van der Waals surface area contributed by atoms with Gasteiger partial charge in [-0.05, 0) is 45.1 Å². The molecule has 4 heteroatoms. The van der Waals surface area contributed by atoms with Crippen molar-refractivity contribution in [2.45, 2.75) is 45.2 Å². The van der Waals surface area contributed by atoms with E-state index >= 15 is 0 Å². The van der Waals surface area contributed by atoms with E-state index in [-0.39, 0.29) is 11.9 Å². The second kappa shape index (κ2) is 7.17. The van der Waals surface area contributed by atoms with Gasteiger partial charge in [0, 0.05) is 19.1 Å². The van der Waals surface area contributed by atoms with E-state index < -0.39 is 0 Å². The molecule has 1 aliphatic rings. The lowest BCUT2D eigenvalue weighted by atomic mass is 10.2. The minimum Gasteiger partial charge on any atom is -0.341 e. The first-order valence-electron chi connectivity index (χ1n) is 6.19. The predicted octanol–water partition coefficient (Wildman–Crippen LogP) is 1.73. The van der Waals surface area contributed by atoms with Gasteiger partial charge in [-0.2, -0.15) is 11.8 Å². The van der Waals surface area contributed by atoms with Crippen LogP contribution >= 0.6 is 11.8 Å². The van der Waals surface area contributed by atoms with Crippen LogP contribution in [0.2, 0.25) is 0 Å². The van der Waals surface area contributed by atoms with E-state index in [4.69, 9.17) is 0 Å². The molecular weight excluding hydrogens is 220 g/mol. The Bertz CT molecular complexity index is 217. The fraction of sp³-hybridized carbons (Fsp3) is 0.917. The van der Waals surface area contributed by atoms with E-state index in [0.717, 1.165) is 25.3 Å². The Morgan fingerprint density at radius 1 is 1.38 bits per heavy atom. The van der Waals surface area contributed by atoms with Crippen LogP contribution in [0.1, 0.15) is 33.1 Å². The molecule has 1 N–H and O–H groups in total. The van der Waals surface area contributed by atoms with Gasteiger partial charge >= 0.3 is 0 Å². The molecule has 1 fully saturated rings. The monoisotopic (exact) mass is 244 g/mol. The molecule has 1 amide bonds. The molecule has 1 saturated heterocycles. The third-order valence-corrected chi connectivity index (χ3v) is 3.72. The van der Waals surface area contributed by atoms with E-state index in [9.17, 15) is 4.79 Å². The molecule has 1 aliphatic heterocycles. The largest absolute Gasteiger partial charge is 0.341 e. The van der Waals surface area contributed by atoms with Crippen molar-refractivity contribution in [3.8, 4) is 0 Å². The Morgan fingerprint density at radius 2 is 2.00 bits per heavy atom. The zero-order valence-electron chi connectivity index (χ0n) is 10.7. The third kappa shape index (κ3) is 4.34. The van der Waals surface area contributed by atoms with Gasteiger partial charge in [-0.1, -0.05) is 0 Å². The van der Waals surface area contributed by atoms with E-state index in [0.29, 0.717) is 6.04 Å². The van der Waals surface area contributed by atoms with Crippen LogP contribution in [0.3, 0.4) is 0 Å². The Hall–Kier alpha value is -0.220. The average molecular weight is 244 g/mol. The highest BCUT2D eigenvalue weighted by atomic mass is 32.2. The summed E-state index contributed by atoms with van der Waals surface area (Å²) < 4.78 is 0. The van der Waals surface area contributed by atoms with Gasteiger partial charge < -0.3 is 10.2 Å². The molecule has 0 spiro atoms. The normalized spacial score (nSPS) is 19.8. The first kappa shape index (κ1) is 13.8. The standard InChI is InChI=1S/C12H24N2OS/c1-10(6-9-16-3)13-11(2)12(15)14-7-4-5-8-14/h10-11,13H,4-9H2,1-3H3. The Kier molecular flexibility index (Phi) is 6.21. The number of amides is 1. The van der Waals surface area contributed by atoms with Crippen LogP contribution in [0.4, 0.5) is 0 Å². The van der Waals surface area contributed by atoms with Crippen LogP contribution in [0, 0.1) is 0 Å². The summed E-state index contributed by atoms with van der Waals surface area (Å²) in [6.45, 7) is 6.04. The van der Waals surface area contributed by atoms with Crippen LogP contribution in [0.5, 0.6) is 0 Å². The van der Waals surface area contributed by atoms with E-state index in [1.165, 1.54) is 12.8 Å². The molecule has 16 heavy (non-hydrogen) atoms. The van der Waals surface area contributed by atoms with Crippen molar-refractivity contribution in [1.29, 1.82) is 0 Å². The number of carbonyl (C=O) groups excluding carboxylic acids is 1. The third-order valence-electron chi connectivity index (χ3n) is 3.08. The molecule has 1 rings (SSSR count).